The fourth-order valence-corrected chi connectivity index (χ4v) is 3.42. The van der Waals surface area contributed by atoms with Crippen molar-refractivity contribution >= 4 is 16.7 Å². The summed E-state index contributed by atoms with van der Waals surface area (Å²) in [5.41, 5.74) is 3.36. The molecule has 26 heavy (non-hydrogen) atoms. The van der Waals surface area contributed by atoms with Gasteiger partial charge < -0.3 is 14.1 Å². The van der Waals surface area contributed by atoms with E-state index in [9.17, 15) is 9.18 Å². The Morgan fingerprint density at radius 2 is 2.04 bits per heavy atom. The number of nitrogens with zero attached hydrogens (tertiary/aromatic N) is 1. The number of rotatable bonds is 3. The Bertz CT molecular complexity index is 1040. The van der Waals surface area contributed by atoms with Crippen molar-refractivity contribution in [3.8, 4) is 5.75 Å². The number of aryl methyl sites for hydroxylation is 2. The van der Waals surface area contributed by atoms with Crippen LogP contribution in [0.5, 0.6) is 5.75 Å². The number of hydrogen-bond acceptors (Lipinski definition) is 4. The first-order chi connectivity index (χ1) is 12.6. The first-order valence-electron chi connectivity index (χ1n) is 8.79. The molecule has 4 nitrogen and oxygen atoms in total. The standard InChI is InChI=1S/C21H20FNO3/c1-3-4-14-9-20(24)26-21-16(14)7-8-19-17(21)11-23(12-25-19)15-6-5-13(2)18(22)10-15/h5-10H,3-4,11-12H2,1-2H3. The van der Waals surface area contributed by atoms with Gasteiger partial charge >= 0.3 is 5.63 Å². The largest absolute Gasteiger partial charge is 0.473 e. The van der Waals surface area contributed by atoms with Crippen molar-refractivity contribution in [2.45, 2.75) is 33.2 Å². The Kier molecular flexibility index (Phi) is 4.15. The summed E-state index contributed by atoms with van der Waals surface area (Å²) in [7, 11) is 0. The number of fused-ring (bicyclic) bond motifs is 3. The zero-order chi connectivity index (χ0) is 18.3. The minimum atomic E-state index is -0.354. The van der Waals surface area contributed by atoms with Crippen LogP contribution in [0.4, 0.5) is 10.1 Å². The summed E-state index contributed by atoms with van der Waals surface area (Å²) in [5.74, 6) is 0.459. The SMILES string of the molecule is CCCc1cc(=O)oc2c3c(ccc12)OCN(c1ccc(C)c(F)c1)C3. The predicted octanol–water partition coefficient (Wildman–Crippen LogP) is 4.55. The molecule has 0 radical (unpaired) electrons. The summed E-state index contributed by atoms with van der Waals surface area (Å²) in [5, 5.41) is 0.936. The van der Waals surface area contributed by atoms with E-state index < -0.39 is 0 Å². The molecule has 0 saturated heterocycles. The normalized spacial score (nSPS) is 13.6. The molecule has 0 amide bonds. The molecular weight excluding hydrogens is 333 g/mol. The molecule has 5 heteroatoms. The van der Waals surface area contributed by atoms with Crippen molar-refractivity contribution in [1.29, 1.82) is 0 Å². The summed E-state index contributed by atoms with van der Waals surface area (Å²) in [4.78, 5) is 14.0. The molecule has 0 atom stereocenters. The number of benzene rings is 2. The van der Waals surface area contributed by atoms with Crippen LogP contribution in [0, 0.1) is 12.7 Å². The van der Waals surface area contributed by atoms with Crippen LogP contribution in [0.3, 0.4) is 0 Å². The lowest BCUT2D eigenvalue weighted by atomic mass is 10.0. The number of anilines is 1. The molecule has 2 heterocycles. The van der Waals surface area contributed by atoms with Gasteiger partial charge in [-0.15, -0.1) is 0 Å². The van der Waals surface area contributed by atoms with Gasteiger partial charge in [0.1, 0.15) is 17.1 Å². The highest BCUT2D eigenvalue weighted by atomic mass is 19.1. The van der Waals surface area contributed by atoms with Crippen LogP contribution >= 0.6 is 0 Å². The molecule has 0 spiro atoms. The Hall–Kier alpha value is -2.82. The maximum atomic E-state index is 13.9. The molecular formula is C21H20FNO3. The highest BCUT2D eigenvalue weighted by Crippen LogP contribution is 2.35. The van der Waals surface area contributed by atoms with Gasteiger partial charge in [0.15, 0.2) is 6.73 Å². The minimum Gasteiger partial charge on any atom is -0.473 e. The quantitative estimate of drug-likeness (QED) is 0.648. The van der Waals surface area contributed by atoms with Crippen LogP contribution in [0.2, 0.25) is 0 Å². The molecule has 0 bridgehead atoms. The summed E-state index contributed by atoms with van der Waals surface area (Å²) in [6.45, 7) is 4.63. The van der Waals surface area contributed by atoms with E-state index in [0.717, 1.165) is 35.0 Å². The van der Waals surface area contributed by atoms with Gasteiger partial charge in [0.2, 0.25) is 0 Å². The van der Waals surface area contributed by atoms with Crippen molar-refractivity contribution < 1.29 is 13.5 Å². The number of hydrogen-bond donors (Lipinski definition) is 0. The number of ether oxygens (including phenoxy) is 1. The smallest absolute Gasteiger partial charge is 0.336 e. The summed E-state index contributed by atoms with van der Waals surface area (Å²) in [6.07, 6.45) is 1.76. The molecule has 3 aromatic rings. The predicted molar refractivity (Wildman–Crippen MR) is 99.3 cm³/mol. The Morgan fingerprint density at radius 1 is 1.19 bits per heavy atom. The molecule has 0 fully saturated rings. The van der Waals surface area contributed by atoms with Crippen molar-refractivity contribution in [2.75, 3.05) is 11.6 Å². The van der Waals surface area contributed by atoms with Gasteiger partial charge in [0.05, 0.1) is 12.1 Å². The van der Waals surface area contributed by atoms with Gasteiger partial charge in [0.25, 0.3) is 0 Å². The zero-order valence-electron chi connectivity index (χ0n) is 14.8. The van der Waals surface area contributed by atoms with E-state index in [1.807, 2.05) is 23.1 Å². The summed E-state index contributed by atoms with van der Waals surface area (Å²) < 4.78 is 25.3. The van der Waals surface area contributed by atoms with Crippen molar-refractivity contribution in [1.82, 2.24) is 0 Å². The van der Waals surface area contributed by atoms with Crippen LogP contribution < -0.4 is 15.3 Å². The highest BCUT2D eigenvalue weighted by Gasteiger charge is 2.23. The minimum absolute atomic E-state index is 0.247. The van der Waals surface area contributed by atoms with Crippen LogP contribution in [0.1, 0.15) is 30.0 Å². The van der Waals surface area contributed by atoms with Gasteiger partial charge in [-0.05, 0) is 48.7 Å². The van der Waals surface area contributed by atoms with Crippen LogP contribution in [-0.4, -0.2) is 6.73 Å². The molecule has 1 aliphatic heterocycles. The van der Waals surface area contributed by atoms with E-state index in [0.29, 0.717) is 30.2 Å². The van der Waals surface area contributed by atoms with E-state index in [1.165, 1.54) is 6.07 Å². The average Bonchev–Trinajstić information content (AvgIpc) is 2.63. The maximum absolute atomic E-state index is 13.9. The van der Waals surface area contributed by atoms with Gasteiger partial charge in [0, 0.05) is 17.1 Å². The second-order valence-corrected chi connectivity index (χ2v) is 6.66. The average molecular weight is 353 g/mol. The Balaban J connectivity index is 1.81. The van der Waals surface area contributed by atoms with Crippen molar-refractivity contribution in [2.24, 2.45) is 0 Å². The second kappa shape index (κ2) is 6.48. The van der Waals surface area contributed by atoms with Crippen LogP contribution in [0.25, 0.3) is 11.0 Å². The van der Waals surface area contributed by atoms with Crippen LogP contribution in [0.15, 0.2) is 45.6 Å². The molecule has 2 aromatic carbocycles. The molecule has 0 unspecified atom stereocenters. The number of halogens is 1. The molecule has 0 N–H and O–H groups in total. The zero-order valence-corrected chi connectivity index (χ0v) is 14.8. The third kappa shape index (κ3) is 2.83. The van der Waals surface area contributed by atoms with Gasteiger partial charge in [-0.25, -0.2) is 9.18 Å². The molecule has 0 saturated carbocycles. The van der Waals surface area contributed by atoms with Crippen molar-refractivity contribution in [3.05, 3.63) is 69.3 Å². The lowest BCUT2D eigenvalue weighted by molar-refractivity contribution is 0.289. The van der Waals surface area contributed by atoms with E-state index in [1.54, 1.807) is 19.1 Å². The molecule has 134 valence electrons. The Morgan fingerprint density at radius 3 is 2.81 bits per heavy atom. The summed E-state index contributed by atoms with van der Waals surface area (Å²) in [6, 6.07) is 10.6. The Labute approximate surface area is 150 Å². The molecule has 1 aromatic heterocycles. The van der Waals surface area contributed by atoms with E-state index in [4.69, 9.17) is 9.15 Å². The molecule has 4 rings (SSSR count). The monoisotopic (exact) mass is 353 g/mol. The fourth-order valence-electron chi connectivity index (χ4n) is 3.42. The van der Waals surface area contributed by atoms with E-state index >= 15 is 0 Å². The first-order valence-corrected chi connectivity index (χ1v) is 8.79. The van der Waals surface area contributed by atoms with E-state index in [2.05, 4.69) is 6.92 Å². The third-order valence-electron chi connectivity index (χ3n) is 4.82. The third-order valence-corrected chi connectivity index (χ3v) is 4.82. The van der Waals surface area contributed by atoms with Gasteiger partial charge in [-0.3, -0.25) is 0 Å². The lowest BCUT2D eigenvalue weighted by Gasteiger charge is -2.31. The van der Waals surface area contributed by atoms with Gasteiger partial charge in [-0.2, -0.15) is 0 Å². The van der Waals surface area contributed by atoms with Crippen molar-refractivity contribution in [3.63, 3.8) is 0 Å². The van der Waals surface area contributed by atoms with Gasteiger partial charge in [-0.1, -0.05) is 19.4 Å². The first kappa shape index (κ1) is 16.6. The molecule has 1 aliphatic rings. The lowest BCUT2D eigenvalue weighted by Crippen LogP contribution is -2.32. The van der Waals surface area contributed by atoms with Crippen LogP contribution in [-0.2, 0) is 13.0 Å². The van der Waals surface area contributed by atoms with E-state index in [-0.39, 0.29) is 11.4 Å². The topological polar surface area (TPSA) is 42.7 Å². The maximum Gasteiger partial charge on any atom is 0.336 e. The molecule has 0 aliphatic carbocycles. The fraction of sp³-hybridized carbons (Fsp3) is 0.286. The summed E-state index contributed by atoms with van der Waals surface area (Å²) >= 11 is 0. The second-order valence-electron chi connectivity index (χ2n) is 6.66. The highest BCUT2D eigenvalue weighted by molar-refractivity contribution is 5.85.